The van der Waals surface area contributed by atoms with Crippen molar-refractivity contribution in [3.05, 3.63) is 59.4 Å². The van der Waals surface area contributed by atoms with Crippen LogP contribution in [0.3, 0.4) is 0 Å². The summed E-state index contributed by atoms with van der Waals surface area (Å²) in [6, 6.07) is 10.2. The minimum Gasteiger partial charge on any atom is -0.322 e. The molecule has 0 fully saturated rings. The SMILES string of the molecule is CC(=O)c1cccc(NC(=O)c2ccnc(C)c2)c1. The van der Waals surface area contributed by atoms with Gasteiger partial charge in [-0.15, -0.1) is 0 Å². The Morgan fingerprint density at radius 3 is 2.58 bits per heavy atom. The summed E-state index contributed by atoms with van der Waals surface area (Å²) in [4.78, 5) is 27.3. The number of hydrogen-bond acceptors (Lipinski definition) is 3. The zero-order chi connectivity index (χ0) is 13.8. The maximum Gasteiger partial charge on any atom is 0.255 e. The normalized spacial score (nSPS) is 10.0. The standard InChI is InChI=1S/C15H14N2O2/c1-10-8-13(6-7-16-10)15(19)17-14-5-3-4-12(9-14)11(2)18/h3-9H,1-2H3,(H,17,19). The maximum atomic E-state index is 12.0. The van der Waals surface area contributed by atoms with E-state index in [1.165, 1.54) is 6.92 Å². The molecule has 2 rings (SSSR count). The lowest BCUT2D eigenvalue weighted by Gasteiger charge is -2.06. The van der Waals surface area contributed by atoms with Gasteiger partial charge >= 0.3 is 0 Å². The fourth-order valence-electron chi connectivity index (χ4n) is 1.71. The van der Waals surface area contributed by atoms with Gasteiger partial charge in [0.15, 0.2) is 5.78 Å². The van der Waals surface area contributed by atoms with E-state index in [0.717, 1.165) is 5.69 Å². The lowest BCUT2D eigenvalue weighted by molar-refractivity contribution is 0.101. The molecule has 0 aliphatic heterocycles. The highest BCUT2D eigenvalue weighted by molar-refractivity contribution is 6.05. The molecular formula is C15H14N2O2. The van der Waals surface area contributed by atoms with Crippen molar-refractivity contribution in [2.45, 2.75) is 13.8 Å². The van der Waals surface area contributed by atoms with Crippen molar-refractivity contribution in [3.63, 3.8) is 0 Å². The molecule has 0 saturated carbocycles. The molecule has 4 heteroatoms. The van der Waals surface area contributed by atoms with Crippen LogP contribution < -0.4 is 5.32 Å². The zero-order valence-corrected chi connectivity index (χ0v) is 10.8. The quantitative estimate of drug-likeness (QED) is 0.857. The summed E-state index contributed by atoms with van der Waals surface area (Å²) in [6.45, 7) is 3.32. The minimum atomic E-state index is -0.216. The van der Waals surface area contributed by atoms with Crippen LogP contribution >= 0.6 is 0 Å². The highest BCUT2D eigenvalue weighted by atomic mass is 16.1. The summed E-state index contributed by atoms with van der Waals surface area (Å²) in [5, 5.41) is 2.76. The van der Waals surface area contributed by atoms with Gasteiger partial charge in [-0.2, -0.15) is 0 Å². The van der Waals surface area contributed by atoms with Gasteiger partial charge < -0.3 is 5.32 Å². The van der Waals surface area contributed by atoms with Crippen LogP contribution in [0.4, 0.5) is 5.69 Å². The predicted octanol–water partition coefficient (Wildman–Crippen LogP) is 2.84. The number of amides is 1. The van der Waals surface area contributed by atoms with Gasteiger partial charge in [0.05, 0.1) is 0 Å². The molecule has 0 saturated heterocycles. The van der Waals surface area contributed by atoms with Gasteiger partial charge in [-0.25, -0.2) is 0 Å². The van der Waals surface area contributed by atoms with E-state index >= 15 is 0 Å². The molecule has 0 bridgehead atoms. The summed E-state index contributed by atoms with van der Waals surface area (Å²) < 4.78 is 0. The van der Waals surface area contributed by atoms with E-state index in [0.29, 0.717) is 16.8 Å². The number of nitrogens with zero attached hydrogens (tertiary/aromatic N) is 1. The third-order valence-corrected chi connectivity index (χ3v) is 2.69. The van der Waals surface area contributed by atoms with E-state index in [1.807, 2.05) is 6.92 Å². The Balaban J connectivity index is 2.19. The molecule has 0 spiro atoms. The van der Waals surface area contributed by atoms with Crippen molar-refractivity contribution in [3.8, 4) is 0 Å². The number of nitrogens with one attached hydrogen (secondary N) is 1. The number of aromatic nitrogens is 1. The number of aryl methyl sites for hydroxylation is 1. The van der Waals surface area contributed by atoms with Gasteiger partial charge in [-0.05, 0) is 38.1 Å². The Morgan fingerprint density at radius 1 is 1.11 bits per heavy atom. The van der Waals surface area contributed by atoms with E-state index in [2.05, 4.69) is 10.3 Å². The molecule has 2 aromatic rings. The fourth-order valence-corrected chi connectivity index (χ4v) is 1.71. The van der Waals surface area contributed by atoms with Gasteiger partial charge in [0.25, 0.3) is 5.91 Å². The first-order valence-electron chi connectivity index (χ1n) is 5.91. The average molecular weight is 254 g/mol. The molecule has 0 aliphatic rings. The summed E-state index contributed by atoms with van der Waals surface area (Å²) in [5.41, 5.74) is 2.50. The second kappa shape index (κ2) is 5.44. The summed E-state index contributed by atoms with van der Waals surface area (Å²) >= 11 is 0. The van der Waals surface area contributed by atoms with Gasteiger partial charge in [-0.3, -0.25) is 14.6 Å². The highest BCUT2D eigenvalue weighted by Gasteiger charge is 2.07. The van der Waals surface area contributed by atoms with Crippen LogP contribution in [-0.4, -0.2) is 16.7 Å². The predicted molar refractivity (Wildman–Crippen MR) is 73.4 cm³/mol. The second-order valence-corrected chi connectivity index (χ2v) is 4.28. The molecule has 0 radical (unpaired) electrons. The number of benzene rings is 1. The smallest absolute Gasteiger partial charge is 0.255 e. The van der Waals surface area contributed by atoms with Crippen molar-refractivity contribution in [2.75, 3.05) is 5.32 Å². The first-order chi connectivity index (χ1) is 9.06. The molecule has 19 heavy (non-hydrogen) atoms. The number of carbonyl (C=O) groups is 2. The number of carbonyl (C=O) groups excluding carboxylic acids is 2. The van der Waals surface area contributed by atoms with E-state index in [-0.39, 0.29) is 11.7 Å². The number of rotatable bonds is 3. The number of ketones is 1. The van der Waals surface area contributed by atoms with E-state index in [9.17, 15) is 9.59 Å². The van der Waals surface area contributed by atoms with E-state index in [1.54, 1.807) is 42.6 Å². The van der Waals surface area contributed by atoms with Crippen LogP contribution in [0.15, 0.2) is 42.6 Å². The van der Waals surface area contributed by atoms with Crippen LogP contribution in [0.5, 0.6) is 0 Å². The number of Topliss-reactive ketones (excluding diaryl/α,β-unsaturated/α-hetero) is 1. The monoisotopic (exact) mass is 254 g/mol. The van der Waals surface area contributed by atoms with Crippen molar-refractivity contribution in [1.29, 1.82) is 0 Å². The topological polar surface area (TPSA) is 59.1 Å². The van der Waals surface area contributed by atoms with Gasteiger partial charge in [0, 0.05) is 28.7 Å². The summed E-state index contributed by atoms with van der Waals surface area (Å²) in [5.74, 6) is -0.248. The first kappa shape index (κ1) is 13.0. The molecule has 1 aromatic carbocycles. The fraction of sp³-hybridized carbons (Fsp3) is 0.133. The average Bonchev–Trinajstić information content (AvgIpc) is 2.39. The molecule has 1 aromatic heterocycles. The Kier molecular flexibility index (Phi) is 3.71. The number of anilines is 1. The van der Waals surface area contributed by atoms with E-state index in [4.69, 9.17) is 0 Å². The third-order valence-electron chi connectivity index (χ3n) is 2.69. The molecule has 1 amide bonds. The Hall–Kier alpha value is -2.49. The molecule has 96 valence electrons. The van der Waals surface area contributed by atoms with Crippen molar-refractivity contribution >= 4 is 17.4 Å². The van der Waals surface area contributed by atoms with Crippen molar-refractivity contribution in [1.82, 2.24) is 4.98 Å². The summed E-state index contributed by atoms with van der Waals surface area (Å²) in [7, 11) is 0. The maximum absolute atomic E-state index is 12.0. The molecule has 0 unspecified atom stereocenters. The Morgan fingerprint density at radius 2 is 1.89 bits per heavy atom. The summed E-state index contributed by atoms with van der Waals surface area (Å²) in [6.07, 6.45) is 1.59. The number of hydrogen-bond donors (Lipinski definition) is 1. The molecular weight excluding hydrogens is 240 g/mol. The lowest BCUT2D eigenvalue weighted by atomic mass is 10.1. The highest BCUT2D eigenvalue weighted by Crippen LogP contribution is 2.13. The van der Waals surface area contributed by atoms with Crippen LogP contribution in [0.2, 0.25) is 0 Å². The van der Waals surface area contributed by atoms with Crippen LogP contribution in [0.1, 0.15) is 33.3 Å². The second-order valence-electron chi connectivity index (χ2n) is 4.28. The van der Waals surface area contributed by atoms with Crippen LogP contribution in [0.25, 0.3) is 0 Å². The van der Waals surface area contributed by atoms with Crippen molar-refractivity contribution in [2.24, 2.45) is 0 Å². The Labute approximate surface area is 111 Å². The molecule has 1 N–H and O–H groups in total. The number of pyridine rings is 1. The lowest BCUT2D eigenvalue weighted by Crippen LogP contribution is -2.12. The molecule has 4 nitrogen and oxygen atoms in total. The third kappa shape index (κ3) is 3.25. The van der Waals surface area contributed by atoms with Gasteiger partial charge in [0.2, 0.25) is 0 Å². The van der Waals surface area contributed by atoms with Crippen LogP contribution in [-0.2, 0) is 0 Å². The largest absolute Gasteiger partial charge is 0.322 e. The minimum absolute atomic E-state index is 0.0316. The first-order valence-corrected chi connectivity index (χ1v) is 5.91. The molecule has 1 heterocycles. The molecule has 0 atom stereocenters. The van der Waals surface area contributed by atoms with Crippen molar-refractivity contribution < 1.29 is 9.59 Å². The van der Waals surface area contributed by atoms with E-state index < -0.39 is 0 Å². The zero-order valence-electron chi connectivity index (χ0n) is 10.8. The van der Waals surface area contributed by atoms with Gasteiger partial charge in [-0.1, -0.05) is 12.1 Å². The molecule has 0 aliphatic carbocycles. The Bertz CT molecular complexity index is 636. The van der Waals surface area contributed by atoms with Gasteiger partial charge in [0.1, 0.15) is 0 Å². The van der Waals surface area contributed by atoms with Crippen LogP contribution in [0, 0.1) is 6.92 Å².